The highest BCUT2D eigenvalue weighted by Crippen LogP contribution is 2.24. The first-order valence-corrected chi connectivity index (χ1v) is 8.50. The molecule has 0 atom stereocenters. The Labute approximate surface area is 141 Å². The average Bonchev–Trinajstić information content (AvgIpc) is 3.06. The SMILES string of the molecule is CNc1nnc(SCC(=O)NCc2ccc(C(=O)OC)cc2)s1. The van der Waals surface area contributed by atoms with Crippen LogP contribution >= 0.6 is 23.1 Å². The number of carbonyl (C=O) groups excluding carboxylic acids is 2. The molecule has 1 aromatic heterocycles. The number of benzene rings is 1. The number of ether oxygens (including phenoxy) is 1. The summed E-state index contributed by atoms with van der Waals surface area (Å²) in [7, 11) is 3.11. The van der Waals surface area contributed by atoms with Gasteiger partial charge in [0.05, 0.1) is 18.4 Å². The van der Waals surface area contributed by atoms with E-state index in [0.717, 1.165) is 15.0 Å². The molecule has 1 amide bonds. The van der Waals surface area contributed by atoms with Gasteiger partial charge in [0, 0.05) is 13.6 Å². The van der Waals surface area contributed by atoms with E-state index in [1.807, 2.05) is 0 Å². The van der Waals surface area contributed by atoms with E-state index in [0.29, 0.717) is 12.1 Å². The van der Waals surface area contributed by atoms with Crippen LogP contribution in [-0.4, -0.2) is 42.0 Å². The quantitative estimate of drug-likeness (QED) is 0.579. The lowest BCUT2D eigenvalue weighted by Gasteiger charge is -2.05. The molecule has 0 radical (unpaired) electrons. The number of esters is 1. The van der Waals surface area contributed by atoms with Gasteiger partial charge in [-0.2, -0.15) is 0 Å². The summed E-state index contributed by atoms with van der Waals surface area (Å²) in [6.45, 7) is 0.402. The van der Waals surface area contributed by atoms with E-state index in [4.69, 9.17) is 0 Å². The summed E-state index contributed by atoms with van der Waals surface area (Å²) < 4.78 is 5.37. The molecule has 0 aliphatic heterocycles. The zero-order valence-electron chi connectivity index (χ0n) is 12.7. The molecule has 0 saturated carbocycles. The van der Waals surface area contributed by atoms with Gasteiger partial charge in [0.15, 0.2) is 4.34 Å². The molecule has 1 heterocycles. The molecule has 0 spiro atoms. The van der Waals surface area contributed by atoms with Crippen LogP contribution in [0.3, 0.4) is 0 Å². The third-order valence-corrected chi connectivity index (χ3v) is 4.89. The first kappa shape index (κ1) is 17.2. The van der Waals surface area contributed by atoms with Crippen LogP contribution in [0.1, 0.15) is 15.9 Å². The molecule has 0 aliphatic carbocycles. The zero-order valence-corrected chi connectivity index (χ0v) is 14.3. The minimum atomic E-state index is -0.380. The number of methoxy groups -OCH3 is 1. The van der Waals surface area contributed by atoms with Crippen molar-refractivity contribution in [2.75, 3.05) is 25.2 Å². The van der Waals surface area contributed by atoms with E-state index >= 15 is 0 Å². The van der Waals surface area contributed by atoms with Crippen molar-refractivity contribution in [1.29, 1.82) is 0 Å². The lowest BCUT2D eigenvalue weighted by molar-refractivity contribution is -0.118. The fraction of sp³-hybridized carbons (Fsp3) is 0.286. The van der Waals surface area contributed by atoms with Gasteiger partial charge in [-0.25, -0.2) is 4.79 Å². The Morgan fingerprint density at radius 3 is 2.61 bits per heavy atom. The van der Waals surface area contributed by atoms with Gasteiger partial charge in [-0.1, -0.05) is 35.2 Å². The van der Waals surface area contributed by atoms with Crippen molar-refractivity contribution in [3.05, 3.63) is 35.4 Å². The van der Waals surface area contributed by atoms with Crippen molar-refractivity contribution < 1.29 is 14.3 Å². The predicted octanol–water partition coefficient (Wildman–Crippen LogP) is 1.77. The number of anilines is 1. The van der Waals surface area contributed by atoms with E-state index in [1.54, 1.807) is 31.3 Å². The summed E-state index contributed by atoms with van der Waals surface area (Å²) in [6, 6.07) is 6.90. The third-order valence-electron chi connectivity index (χ3n) is 2.81. The number of thioether (sulfide) groups is 1. The molecular weight excluding hydrogens is 336 g/mol. The molecule has 2 N–H and O–H groups in total. The van der Waals surface area contributed by atoms with Gasteiger partial charge >= 0.3 is 5.97 Å². The smallest absolute Gasteiger partial charge is 0.337 e. The van der Waals surface area contributed by atoms with Crippen LogP contribution in [0, 0.1) is 0 Å². The van der Waals surface area contributed by atoms with Crippen LogP contribution in [0.15, 0.2) is 28.6 Å². The molecule has 2 rings (SSSR count). The first-order chi connectivity index (χ1) is 11.1. The Morgan fingerprint density at radius 1 is 1.26 bits per heavy atom. The topological polar surface area (TPSA) is 93.2 Å². The van der Waals surface area contributed by atoms with Crippen molar-refractivity contribution in [3.63, 3.8) is 0 Å². The highest BCUT2D eigenvalue weighted by molar-refractivity contribution is 8.01. The van der Waals surface area contributed by atoms with Crippen molar-refractivity contribution in [1.82, 2.24) is 15.5 Å². The van der Waals surface area contributed by atoms with Crippen molar-refractivity contribution in [2.45, 2.75) is 10.9 Å². The molecule has 2 aromatic rings. The summed E-state index contributed by atoms with van der Waals surface area (Å²) in [6.07, 6.45) is 0. The van der Waals surface area contributed by atoms with Crippen LogP contribution in [0.25, 0.3) is 0 Å². The maximum atomic E-state index is 11.8. The summed E-state index contributed by atoms with van der Waals surface area (Å²) in [5.41, 5.74) is 1.39. The van der Waals surface area contributed by atoms with Crippen LogP contribution in [0.4, 0.5) is 5.13 Å². The minimum Gasteiger partial charge on any atom is -0.465 e. The van der Waals surface area contributed by atoms with Gasteiger partial charge in [0.2, 0.25) is 11.0 Å². The number of aromatic nitrogens is 2. The maximum absolute atomic E-state index is 11.8. The molecule has 7 nitrogen and oxygen atoms in total. The molecule has 9 heteroatoms. The average molecular weight is 352 g/mol. The number of rotatable bonds is 7. The number of nitrogens with one attached hydrogen (secondary N) is 2. The fourth-order valence-electron chi connectivity index (χ4n) is 1.62. The second kappa shape index (κ2) is 8.49. The maximum Gasteiger partial charge on any atom is 0.337 e. The number of nitrogens with zero attached hydrogens (tertiary/aromatic N) is 2. The van der Waals surface area contributed by atoms with Crippen molar-refractivity contribution in [3.8, 4) is 0 Å². The number of hydrogen-bond donors (Lipinski definition) is 2. The lowest BCUT2D eigenvalue weighted by atomic mass is 10.1. The molecule has 122 valence electrons. The second-order valence-corrected chi connectivity index (χ2v) is 6.58. The summed E-state index contributed by atoms with van der Waals surface area (Å²) in [4.78, 5) is 23.1. The van der Waals surface area contributed by atoms with Gasteiger partial charge in [-0.3, -0.25) is 4.79 Å². The number of amides is 1. The monoisotopic (exact) mass is 352 g/mol. The molecular formula is C14H16N4O3S2. The van der Waals surface area contributed by atoms with E-state index in [-0.39, 0.29) is 17.6 Å². The summed E-state index contributed by atoms with van der Waals surface area (Å²) in [5.74, 6) is -0.193. The molecule has 23 heavy (non-hydrogen) atoms. The van der Waals surface area contributed by atoms with Gasteiger partial charge in [-0.15, -0.1) is 10.2 Å². The van der Waals surface area contributed by atoms with Crippen molar-refractivity contribution >= 4 is 40.1 Å². The summed E-state index contributed by atoms with van der Waals surface area (Å²) in [5, 5.41) is 14.3. The zero-order chi connectivity index (χ0) is 16.7. The van der Waals surface area contributed by atoms with Crippen LogP contribution < -0.4 is 10.6 Å². The van der Waals surface area contributed by atoms with E-state index < -0.39 is 0 Å². The Morgan fingerprint density at radius 2 is 2.00 bits per heavy atom. The first-order valence-electron chi connectivity index (χ1n) is 6.70. The Bertz CT molecular complexity index is 673. The predicted molar refractivity (Wildman–Crippen MR) is 89.8 cm³/mol. The fourth-order valence-corrected chi connectivity index (χ4v) is 3.16. The lowest BCUT2D eigenvalue weighted by Crippen LogP contribution is -2.24. The molecule has 1 aromatic carbocycles. The van der Waals surface area contributed by atoms with Crippen LogP contribution in [0.2, 0.25) is 0 Å². The van der Waals surface area contributed by atoms with Gasteiger partial charge in [0.1, 0.15) is 0 Å². The molecule has 0 saturated heterocycles. The Balaban J connectivity index is 1.76. The van der Waals surface area contributed by atoms with Crippen LogP contribution in [0.5, 0.6) is 0 Å². The van der Waals surface area contributed by atoms with Crippen molar-refractivity contribution in [2.24, 2.45) is 0 Å². The number of hydrogen-bond acceptors (Lipinski definition) is 8. The highest BCUT2D eigenvalue weighted by Gasteiger charge is 2.08. The van der Waals surface area contributed by atoms with E-state index in [1.165, 1.54) is 30.2 Å². The molecule has 0 fully saturated rings. The van der Waals surface area contributed by atoms with Crippen LogP contribution in [-0.2, 0) is 16.1 Å². The largest absolute Gasteiger partial charge is 0.465 e. The standard InChI is InChI=1S/C14H16N4O3S2/c1-15-13-17-18-14(23-13)22-8-11(19)16-7-9-3-5-10(6-4-9)12(20)21-2/h3-6H,7-8H2,1-2H3,(H,15,17)(H,16,19). The van der Waals surface area contributed by atoms with E-state index in [2.05, 4.69) is 25.6 Å². The van der Waals surface area contributed by atoms with E-state index in [9.17, 15) is 9.59 Å². The minimum absolute atomic E-state index is 0.0896. The second-order valence-electron chi connectivity index (χ2n) is 4.38. The van der Waals surface area contributed by atoms with Gasteiger partial charge in [-0.05, 0) is 17.7 Å². The normalized spacial score (nSPS) is 10.2. The number of carbonyl (C=O) groups is 2. The third kappa shape index (κ3) is 5.22. The highest BCUT2D eigenvalue weighted by atomic mass is 32.2. The molecule has 0 aliphatic rings. The molecule has 0 bridgehead atoms. The Kier molecular flexibility index (Phi) is 6.36. The molecule has 0 unspecified atom stereocenters. The van der Waals surface area contributed by atoms with Gasteiger partial charge < -0.3 is 15.4 Å². The van der Waals surface area contributed by atoms with Gasteiger partial charge in [0.25, 0.3) is 0 Å². The Hall–Kier alpha value is -2.13. The summed E-state index contributed by atoms with van der Waals surface area (Å²) >= 11 is 2.74.